The van der Waals surface area contributed by atoms with Crippen LogP contribution in [0.2, 0.25) is 6.04 Å². The fourth-order valence-corrected chi connectivity index (χ4v) is 3.87. The molecular weight excluding hydrogens is 240 g/mol. The van der Waals surface area contributed by atoms with Gasteiger partial charge >= 0.3 is 14.8 Å². The minimum absolute atomic E-state index is 0.398. The summed E-state index contributed by atoms with van der Waals surface area (Å²) in [6, 6.07) is 0.450. The van der Waals surface area contributed by atoms with Gasteiger partial charge in [0.25, 0.3) is 0 Å². The molecule has 0 saturated carbocycles. The predicted molar refractivity (Wildman–Crippen MR) is 57.7 cm³/mol. The number of aliphatic hydroxyl groups excluding tert-OH is 1. The van der Waals surface area contributed by atoms with E-state index < -0.39 is 20.2 Å². The maximum absolute atomic E-state index is 10.3. The van der Waals surface area contributed by atoms with Crippen molar-refractivity contribution in [1.82, 2.24) is 0 Å². The van der Waals surface area contributed by atoms with Crippen LogP contribution >= 0.6 is 11.8 Å². The number of hydrogen-bond acceptors (Lipinski definition) is 6. The number of aliphatic carboxylic acids is 1. The highest BCUT2D eigenvalue weighted by Gasteiger charge is 2.37. The van der Waals surface area contributed by atoms with Gasteiger partial charge in [0.15, 0.2) is 5.44 Å². The Labute approximate surface area is 93.9 Å². The highest BCUT2D eigenvalue weighted by molar-refractivity contribution is 8.00. The molecule has 0 aliphatic rings. The molecule has 0 aliphatic carbocycles. The first-order chi connectivity index (χ1) is 7.01. The number of carbonyl (C=O) groups is 1. The van der Waals surface area contributed by atoms with Gasteiger partial charge in [0.05, 0.1) is 0 Å². The van der Waals surface area contributed by atoms with E-state index in [1.165, 1.54) is 21.3 Å². The molecule has 2 N–H and O–H groups in total. The summed E-state index contributed by atoms with van der Waals surface area (Å²) >= 11 is 0.908. The van der Waals surface area contributed by atoms with E-state index in [0.29, 0.717) is 11.8 Å². The van der Waals surface area contributed by atoms with Crippen molar-refractivity contribution in [3.63, 3.8) is 0 Å². The van der Waals surface area contributed by atoms with Crippen molar-refractivity contribution in [2.45, 2.75) is 11.5 Å². The van der Waals surface area contributed by atoms with Gasteiger partial charge in [0.2, 0.25) is 0 Å². The number of hydrogen-bond donors (Lipinski definition) is 2. The second-order valence-electron chi connectivity index (χ2n) is 2.61. The second-order valence-corrected chi connectivity index (χ2v) is 6.89. The number of carboxylic acids is 1. The first-order valence-electron chi connectivity index (χ1n) is 4.19. The SMILES string of the molecule is CO[Si](CCSC(O)C(=O)O)(OC)OC. The molecule has 0 aromatic rings. The molecule has 0 bridgehead atoms. The first-order valence-corrected chi connectivity index (χ1v) is 7.17. The van der Waals surface area contributed by atoms with Crippen LogP contribution in [0.5, 0.6) is 0 Å². The Morgan fingerprint density at radius 3 is 2.13 bits per heavy atom. The molecule has 15 heavy (non-hydrogen) atoms. The highest BCUT2D eigenvalue weighted by Crippen LogP contribution is 2.18. The molecule has 90 valence electrons. The van der Waals surface area contributed by atoms with Crippen LogP contribution in [0, 0.1) is 0 Å². The molecule has 0 aromatic carbocycles. The summed E-state index contributed by atoms with van der Waals surface area (Å²) < 4.78 is 15.4. The fourth-order valence-electron chi connectivity index (χ4n) is 0.923. The average molecular weight is 256 g/mol. The topological polar surface area (TPSA) is 85.2 Å². The van der Waals surface area contributed by atoms with Crippen molar-refractivity contribution in [1.29, 1.82) is 0 Å². The molecule has 1 atom stereocenters. The van der Waals surface area contributed by atoms with Gasteiger partial charge in [-0.3, -0.25) is 0 Å². The highest BCUT2D eigenvalue weighted by atomic mass is 32.2. The van der Waals surface area contributed by atoms with Crippen LogP contribution in [-0.4, -0.2) is 57.5 Å². The van der Waals surface area contributed by atoms with Crippen LogP contribution in [-0.2, 0) is 18.1 Å². The van der Waals surface area contributed by atoms with E-state index in [1.807, 2.05) is 0 Å². The molecule has 6 nitrogen and oxygen atoms in total. The third-order valence-corrected chi connectivity index (χ3v) is 5.88. The lowest BCUT2D eigenvalue weighted by Crippen LogP contribution is -2.43. The molecular formula is C7H16O6SSi. The van der Waals surface area contributed by atoms with E-state index >= 15 is 0 Å². The van der Waals surface area contributed by atoms with E-state index in [1.54, 1.807) is 0 Å². The van der Waals surface area contributed by atoms with Gasteiger partial charge in [-0.25, -0.2) is 4.79 Å². The zero-order chi connectivity index (χ0) is 11.9. The number of aliphatic hydroxyl groups is 1. The average Bonchev–Trinajstić information content (AvgIpc) is 2.24. The summed E-state index contributed by atoms with van der Waals surface area (Å²) in [5.74, 6) is -0.852. The molecule has 0 aliphatic heterocycles. The molecule has 0 spiro atoms. The van der Waals surface area contributed by atoms with Crippen LogP contribution < -0.4 is 0 Å². The van der Waals surface area contributed by atoms with Crippen molar-refractivity contribution in [2.75, 3.05) is 27.1 Å². The molecule has 0 heterocycles. The lowest BCUT2D eigenvalue weighted by Gasteiger charge is -2.24. The number of carboxylic acid groups (broad SMARTS) is 1. The largest absolute Gasteiger partial charge is 0.500 e. The Hall–Kier alpha value is -0.123. The van der Waals surface area contributed by atoms with E-state index in [2.05, 4.69) is 0 Å². The Morgan fingerprint density at radius 1 is 1.33 bits per heavy atom. The molecule has 0 fully saturated rings. The third kappa shape index (κ3) is 4.95. The van der Waals surface area contributed by atoms with Crippen LogP contribution in [0.25, 0.3) is 0 Å². The number of thioether (sulfide) groups is 1. The van der Waals surface area contributed by atoms with Gasteiger partial charge in [0.1, 0.15) is 0 Å². The Balaban J connectivity index is 3.96. The van der Waals surface area contributed by atoms with Gasteiger partial charge in [0, 0.05) is 33.1 Å². The van der Waals surface area contributed by atoms with Crippen molar-refractivity contribution >= 4 is 26.5 Å². The van der Waals surface area contributed by atoms with Crippen molar-refractivity contribution in [3.8, 4) is 0 Å². The third-order valence-electron chi connectivity index (χ3n) is 1.83. The van der Waals surface area contributed by atoms with Gasteiger partial charge in [-0.05, 0) is 0 Å². The maximum Gasteiger partial charge on any atom is 0.500 e. The lowest BCUT2D eigenvalue weighted by atomic mass is 10.7. The molecule has 0 saturated heterocycles. The Kier molecular flexibility index (Phi) is 7.14. The second kappa shape index (κ2) is 7.20. The lowest BCUT2D eigenvalue weighted by molar-refractivity contribution is -0.141. The summed E-state index contributed by atoms with van der Waals surface area (Å²) in [4.78, 5) is 10.3. The molecule has 0 radical (unpaired) electrons. The van der Waals surface area contributed by atoms with Gasteiger partial charge in [-0.15, -0.1) is 11.8 Å². The van der Waals surface area contributed by atoms with Crippen molar-refractivity contribution in [3.05, 3.63) is 0 Å². The first kappa shape index (κ1) is 14.9. The van der Waals surface area contributed by atoms with Crippen LogP contribution in [0.15, 0.2) is 0 Å². The van der Waals surface area contributed by atoms with Crippen molar-refractivity contribution in [2.24, 2.45) is 0 Å². The zero-order valence-electron chi connectivity index (χ0n) is 8.93. The normalized spacial score (nSPS) is 13.9. The minimum atomic E-state index is -2.64. The minimum Gasteiger partial charge on any atom is -0.479 e. The Morgan fingerprint density at radius 2 is 1.80 bits per heavy atom. The smallest absolute Gasteiger partial charge is 0.479 e. The van der Waals surface area contributed by atoms with Crippen molar-refractivity contribution < 1.29 is 28.3 Å². The zero-order valence-corrected chi connectivity index (χ0v) is 10.7. The standard InChI is InChI=1S/C7H16O6SSi/c1-11-15(12-2,13-3)5-4-14-7(10)6(8)9/h7,10H,4-5H2,1-3H3,(H,8,9). The van der Waals surface area contributed by atoms with Crippen LogP contribution in [0.4, 0.5) is 0 Å². The molecule has 0 aromatic heterocycles. The van der Waals surface area contributed by atoms with Crippen LogP contribution in [0.3, 0.4) is 0 Å². The van der Waals surface area contributed by atoms with E-state index in [0.717, 1.165) is 11.8 Å². The fraction of sp³-hybridized carbons (Fsp3) is 0.857. The quantitative estimate of drug-likeness (QED) is 0.467. The molecule has 1 unspecified atom stereocenters. The van der Waals surface area contributed by atoms with E-state index in [-0.39, 0.29) is 0 Å². The van der Waals surface area contributed by atoms with Gasteiger partial charge in [-0.1, -0.05) is 0 Å². The van der Waals surface area contributed by atoms with E-state index in [4.69, 9.17) is 23.5 Å². The van der Waals surface area contributed by atoms with Gasteiger partial charge < -0.3 is 23.5 Å². The summed E-state index contributed by atoms with van der Waals surface area (Å²) in [6.45, 7) is 0. The maximum atomic E-state index is 10.3. The summed E-state index contributed by atoms with van der Waals surface area (Å²) in [6.07, 6.45) is 0. The number of rotatable bonds is 8. The Bertz CT molecular complexity index is 190. The molecule has 8 heteroatoms. The van der Waals surface area contributed by atoms with E-state index in [9.17, 15) is 4.79 Å². The summed E-state index contributed by atoms with van der Waals surface area (Å²) in [5.41, 5.74) is -1.41. The van der Waals surface area contributed by atoms with Gasteiger partial charge in [-0.2, -0.15) is 0 Å². The van der Waals surface area contributed by atoms with Crippen LogP contribution in [0.1, 0.15) is 0 Å². The summed E-state index contributed by atoms with van der Waals surface area (Å²) in [5, 5.41) is 17.4. The molecule has 0 amide bonds. The predicted octanol–water partition coefficient (Wildman–Crippen LogP) is 0.000700. The monoisotopic (exact) mass is 256 g/mol. The molecule has 0 rings (SSSR count). The summed E-state index contributed by atoms with van der Waals surface area (Å²) in [7, 11) is 1.81.